The summed E-state index contributed by atoms with van der Waals surface area (Å²) in [6.07, 6.45) is -10.2. The second-order valence-electron chi connectivity index (χ2n) is 8.03. The van der Waals surface area contributed by atoms with Crippen LogP contribution in [-0.2, 0) is 18.9 Å². The Morgan fingerprint density at radius 2 is 1.57 bits per heavy atom. The van der Waals surface area contributed by atoms with Gasteiger partial charge in [-0.1, -0.05) is 0 Å². The van der Waals surface area contributed by atoms with Crippen molar-refractivity contribution < 1.29 is 49.9 Å². The normalized spacial score (nSPS) is 11.7. The Morgan fingerprint density at radius 3 is 2.05 bits per heavy atom. The minimum absolute atomic E-state index is 0.00434. The number of aliphatic hydroxyl groups is 1. The van der Waals surface area contributed by atoms with Crippen molar-refractivity contribution in [3.05, 3.63) is 76.2 Å². The molecule has 0 radical (unpaired) electrons. The molecule has 0 spiro atoms. The van der Waals surface area contributed by atoms with Gasteiger partial charge in [-0.25, -0.2) is 18.3 Å². The third kappa shape index (κ3) is 8.23. The topological polar surface area (TPSA) is 100 Å². The van der Waals surface area contributed by atoms with E-state index in [4.69, 9.17) is 14.4 Å². The summed E-state index contributed by atoms with van der Waals surface area (Å²) in [4.78, 5) is 25.9. The lowest BCUT2D eigenvalue weighted by molar-refractivity contribution is -0.143. The van der Waals surface area contributed by atoms with Crippen LogP contribution in [0.15, 0.2) is 53.6 Å². The molecule has 0 aliphatic heterocycles. The molecule has 0 saturated heterocycles. The van der Waals surface area contributed by atoms with Gasteiger partial charge < -0.3 is 14.4 Å². The maximum atomic E-state index is 13.8. The fourth-order valence-electron chi connectivity index (χ4n) is 3.07. The smallest absolute Gasteiger partial charge is 0.407 e. The number of imidazole rings is 1. The summed E-state index contributed by atoms with van der Waals surface area (Å²) < 4.78 is 111. The van der Waals surface area contributed by atoms with Gasteiger partial charge in [0.25, 0.3) is 0 Å². The number of benzene rings is 2. The Morgan fingerprint density at radius 1 is 1.00 bits per heavy atom. The van der Waals surface area contributed by atoms with Gasteiger partial charge in [0.1, 0.15) is 11.4 Å². The Hall–Kier alpha value is -3.54. The quantitative estimate of drug-likeness (QED) is 0.231. The van der Waals surface area contributed by atoms with Crippen LogP contribution in [0.5, 0.6) is 5.75 Å². The minimum Gasteiger partial charge on any atom is -0.407 e. The molecular formula is C23H23F7N4O5S. The van der Waals surface area contributed by atoms with Crippen LogP contribution in [0.4, 0.5) is 41.2 Å². The second-order valence-corrected chi connectivity index (χ2v) is 8.93. The van der Waals surface area contributed by atoms with Crippen LogP contribution < -0.4 is 15.3 Å². The number of alkyl halides is 6. The number of amides is 1. The maximum absolute atomic E-state index is 13.8. The van der Waals surface area contributed by atoms with E-state index in [1.165, 1.54) is 0 Å². The Labute approximate surface area is 226 Å². The van der Waals surface area contributed by atoms with Crippen molar-refractivity contribution in [3.8, 4) is 11.4 Å². The van der Waals surface area contributed by atoms with E-state index in [0.717, 1.165) is 48.3 Å². The number of carbonyl (C=O) groups excluding carboxylic acids is 1. The van der Waals surface area contributed by atoms with Crippen molar-refractivity contribution in [3.63, 3.8) is 0 Å². The summed E-state index contributed by atoms with van der Waals surface area (Å²) in [5.41, 5.74) is -5.78. The van der Waals surface area contributed by atoms with Crippen molar-refractivity contribution in [2.24, 2.45) is 0 Å². The molecule has 3 aromatic rings. The van der Waals surface area contributed by atoms with Gasteiger partial charge in [0.2, 0.25) is 0 Å². The summed E-state index contributed by atoms with van der Waals surface area (Å²) in [7, 11) is 4.62. The average molecular weight is 601 g/mol. The number of aliphatic hydroxyl groups excluding tert-OH is 1. The highest BCUT2D eigenvalue weighted by Gasteiger charge is 2.42. The Kier molecular flexibility index (Phi) is 10.8. The zero-order valence-corrected chi connectivity index (χ0v) is 21.8. The number of carbonyl (C=O) groups is 1. The fourth-order valence-corrected chi connectivity index (χ4v) is 3.07. The molecule has 0 aliphatic carbocycles. The first-order valence-corrected chi connectivity index (χ1v) is 11.7. The molecule has 0 bridgehead atoms. The van der Waals surface area contributed by atoms with Crippen LogP contribution in [0.1, 0.15) is 11.1 Å². The molecule has 1 heterocycles. The standard InChI is InChI=1S/C21H16F7N3O4.C2H7NOS/c1-29(14-4-2-13(22)3-5-14)19(34)35-17-15(21(26,27)28)10-12(20(23,24)25)11-16(17)31-7-6-30(8-9-32)18(31)33;1-3(2)5-4/h2-7,10-11,32H,8-9H2,1H3;4H,1-2H3. The highest BCUT2D eigenvalue weighted by Crippen LogP contribution is 2.44. The number of aromatic nitrogens is 2. The molecule has 2 aromatic carbocycles. The highest BCUT2D eigenvalue weighted by molar-refractivity contribution is 7.91. The van der Waals surface area contributed by atoms with Crippen molar-refractivity contribution in [1.82, 2.24) is 13.4 Å². The van der Waals surface area contributed by atoms with Gasteiger partial charge in [0.05, 0.1) is 36.6 Å². The zero-order valence-electron chi connectivity index (χ0n) is 21.0. The van der Waals surface area contributed by atoms with Gasteiger partial charge in [0, 0.05) is 25.1 Å². The number of nitrogens with zero attached hydrogens (tertiary/aromatic N) is 4. The van der Waals surface area contributed by atoms with E-state index < -0.39 is 59.1 Å². The van der Waals surface area contributed by atoms with Gasteiger partial charge >= 0.3 is 24.1 Å². The minimum atomic E-state index is -5.42. The van der Waals surface area contributed by atoms with Crippen LogP contribution in [0.3, 0.4) is 0 Å². The third-order valence-corrected chi connectivity index (χ3v) is 5.32. The fraction of sp³-hybridized carbons (Fsp3) is 0.304. The molecule has 3 rings (SSSR count). The van der Waals surface area contributed by atoms with Crippen LogP contribution in [0.25, 0.3) is 5.69 Å². The lowest BCUT2D eigenvalue weighted by Crippen LogP contribution is -2.31. The van der Waals surface area contributed by atoms with E-state index in [-0.39, 0.29) is 24.4 Å². The first-order chi connectivity index (χ1) is 18.5. The highest BCUT2D eigenvalue weighted by atomic mass is 32.2. The average Bonchev–Trinajstić information content (AvgIpc) is 3.23. The predicted molar refractivity (Wildman–Crippen MR) is 132 cm³/mol. The van der Waals surface area contributed by atoms with E-state index in [9.17, 15) is 40.3 Å². The third-order valence-electron chi connectivity index (χ3n) is 4.99. The molecule has 9 nitrogen and oxygen atoms in total. The number of halogens is 7. The zero-order chi connectivity index (χ0) is 30.4. The van der Waals surface area contributed by atoms with E-state index in [1.54, 1.807) is 18.4 Å². The molecule has 220 valence electrons. The van der Waals surface area contributed by atoms with Gasteiger partial charge in [-0.05, 0) is 50.5 Å². The van der Waals surface area contributed by atoms with Crippen LogP contribution >= 0.6 is 12.2 Å². The summed E-state index contributed by atoms with van der Waals surface area (Å²) in [6.45, 7) is -0.829. The van der Waals surface area contributed by atoms with Crippen molar-refractivity contribution in [2.45, 2.75) is 18.9 Å². The maximum Gasteiger partial charge on any atom is 0.420 e. The van der Waals surface area contributed by atoms with Crippen LogP contribution in [-0.4, -0.2) is 56.9 Å². The molecular weight excluding hydrogens is 577 g/mol. The van der Waals surface area contributed by atoms with Gasteiger partial charge in [-0.2, -0.15) is 26.3 Å². The van der Waals surface area contributed by atoms with Crippen LogP contribution in [0, 0.1) is 5.82 Å². The van der Waals surface area contributed by atoms with Crippen LogP contribution in [0.2, 0.25) is 0 Å². The number of anilines is 1. The lowest BCUT2D eigenvalue weighted by Gasteiger charge is -2.22. The number of rotatable bonds is 6. The Balaban J connectivity index is 0.00000103. The van der Waals surface area contributed by atoms with Crippen molar-refractivity contribution in [2.75, 3.05) is 32.6 Å². The molecule has 0 aliphatic rings. The molecule has 0 atom stereocenters. The van der Waals surface area contributed by atoms with Gasteiger partial charge in [-0.15, -0.1) is 0 Å². The molecule has 0 unspecified atom stereocenters. The van der Waals surface area contributed by atoms with Crippen molar-refractivity contribution in [1.29, 1.82) is 0 Å². The molecule has 2 N–H and O–H groups in total. The molecule has 0 fully saturated rings. The van der Waals surface area contributed by atoms with E-state index in [1.807, 2.05) is 0 Å². The summed E-state index contributed by atoms with van der Waals surface area (Å²) in [5.74, 6) is -2.01. The molecule has 1 aromatic heterocycles. The van der Waals surface area contributed by atoms with E-state index >= 15 is 0 Å². The summed E-state index contributed by atoms with van der Waals surface area (Å²) in [5, 5.41) is 9.02. The Bertz CT molecular complexity index is 1360. The monoisotopic (exact) mass is 600 g/mol. The lowest BCUT2D eigenvalue weighted by atomic mass is 10.1. The molecule has 1 amide bonds. The largest absolute Gasteiger partial charge is 0.420 e. The molecule has 0 saturated carbocycles. The predicted octanol–water partition coefficient (Wildman–Crippen LogP) is 5.11. The van der Waals surface area contributed by atoms with Gasteiger partial charge in [0.15, 0.2) is 5.75 Å². The molecule has 40 heavy (non-hydrogen) atoms. The first-order valence-electron chi connectivity index (χ1n) is 10.9. The van der Waals surface area contributed by atoms with Gasteiger partial charge in [-0.3, -0.25) is 14.0 Å². The number of hydrogen-bond donors (Lipinski definition) is 2. The SMILES string of the molecule is CN(C(=O)Oc1c(-n2ccn(CCO)c2=O)cc(C(F)(F)F)cc1C(F)(F)F)c1ccc(F)cc1.CN(C)SO. The second kappa shape index (κ2) is 13.2. The van der Waals surface area contributed by atoms with E-state index in [2.05, 4.69) is 0 Å². The van der Waals surface area contributed by atoms with Crippen molar-refractivity contribution >= 4 is 24.0 Å². The first kappa shape index (κ1) is 32.7. The number of hydrogen-bond acceptors (Lipinski definition) is 7. The number of ether oxygens (including phenoxy) is 1. The summed E-state index contributed by atoms with van der Waals surface area (Å²) in [6, 6.07) is 4.17. The summed E-state index contributed by atoms with van der Waals surface area (Å²) >= 11 is 0.713. The van der Waals surface area contributed by atoms with E-state index in [0.29, 0.717) is 21.7 Å². The molecule has 17 heteroatoms.